The quantitative estimate of drug-likeness (QED) is 0.0243. The molecule has 1 saturated heterocycles. The molecule has 434 valence electrons. The molecule has 1 heterocycles. The van der Waals surface area contributed by atoms with Crippen LogP contribution in [0.25, 0.3) is 10.8 Å². The van der Waals surface area contributed by atoms with Crippen molar-refractivity contribution in [3.05, 3.63) is 83.9 Å². The number of carbonyl (C=O) groups is 8. The van der Waals surface area contributed by atoms with Crippen LogP contribution < -0.4 is 88.4 Å². The zero-order valence-corrected chi connectivity index (χ0v) is 45.0. The van der Waals surface area contributed by atoms with E-state index in [0.717, 1.165) is 10.8 Å². The first-order valence-electron chi connectivity index (χ1n) is 26.3. The van der Waals surface area contributed by atoms with Gasteiger partial charge >= 0.3 is 0 Å². The maximum Gasteiger partial charge on any atom is 0.243 e. The van der Waals surface area contributed by atoms with Gasteiger partial charge in [0, 0.05) is 52.5 Å². The Labute approximate surface area is 463 Å². The summed E-state index contributed by atoms with van der Waals surface area (Å²) in [6.07, 6.45) is -0.652. The molecule has 1 aliphatic heterocycles. The third-order valence-corrected chi connectivity index (χ3v) is 12.7. The minimum Gasteiger partial charge on any atom is -0.370 e. The largest absolute Gasteiger partial charge is 0.370 e. The lowest BCUT2D eigenvalue weighted by molar-refractivity contribution is -0.135. The molecule has 0 aromatic heterocycles. The van der Waals surface area contributed by atoms with Crippen LogP contribution in [0.5, 0.6) is 0 Å². The zero-order chi connectivity index (χ0) is 58.6. The van der Waals surface area contributed by atoms with Crippen molar-refractivity contribution in [1.82, 2.24) is 42.5 Å². The Bertz CT molecular complexity index is 2710. The predicted molar refractivity (Wildman–Crippen MR) is 304 cm³/mol. The van der Waals surface area contributed by atoms with Gasteiger partial charge in [0.2, 0.25) is 47.3 Å². The number of fused-ring (bicyclic) bond motifs is 1. The Morgan fingerprint density at radius 2 is 0.713 bits per heavy atom. The second-order valence-electron chi connectivity index (χ2n) is 19.0. The number of amides is 8. The molecule has 1 aliphatic rings. The van der Waals surface area contributed by atoms with E-state index in [1.54, 1.807) is 36.4 Å². The minimum absolute atomic E-state index is 0.0211. The highest BCUT2D eigenvalue weighted by Crippen LogP contribution is 2.18. The lowest BCUT2D eigenvalue weighted by atomic mass is 9.99. The molecule has 28 nitrogen and oxygen atoms in total. The van der Waals surface area contributed by atoms with E-state index in [1.807, 2.05) is 36.4 Å². The highest BCUT2D eigenvalue weighted by Gasteiger charge is 2.36. The van der Waals surface area contributed by atoms with E-state index in [0.29, 0.717) is 11.1 Å². The Balaban J connectivity index is 1.93. The number of benzene rings is 3. The first kappa shape index (κ1) is 63.3. The Morgan fingerprint density at radius 3 is 1.07 bits per heavy atom. The smallest absolute Gasteiger partial charge is 0.243 e. The van der Waals surface area contributed by atoms with E-state index < -0.39 is 89.6 Å². The van der Waals surface area contributed by atoms with Crippen molar-refractivity contribution in [1.29, 1.82) is 0 Å². The lowest BCUT2D eigenvalue weighted by Crippen LogP contribution is -2.60. The predicted octanol–water partition coefficient (Wildman–Crippen LogP) is -4.23. The van der Waals surface area contributed by atoms with E-state index in [2.05, 4.69) is 62.5 Å². The van der Waals surface area contributed by atoms with Crippen LogP contribution in [0.15, 0.2) is 92.8 Å². The first-order chi connectivity index (χ1) is 38.2. The monoisotopic (exact) mass is 1110 g/mol. The van der Waals surface area contributed by atoms with Gasteiger partial charge in [-0.3, -0.25) is 58.3 Å². The summed E-state index contributed by atoms with van der Waals surface area (Å²) in [4.78, 5) is 131. The van der Waals surface area contributed by atoms with Crippen molar-refractivity contribution < 1.29 is 38.4 Å². The van der Waals surface area contributed by atoms with Gasteiger partial charge in [0.05, 0.1) is 0 Å². The molecule has 4 rings (SSSR count). The molecule has 80 heavy (non-hydrogen) atoms. The fourth-order valence-electron chi connectivity index (χ4n) is 8.53. The maximum absolute atomic E-state index is 14.9. The standard InChI is InChI=1S/C52H78N20O8/c1-61-41(73)22-21-38-46(78)67-34(15-7-23-62-49(53)54)42(74)66-36(17-9-25-64-51(57)58)44(76)71-39(28-30-11-3-2-4-12-30)47(79)69-37(18-10-26-65-52(59)60)45(77)72-40(29-31-19-20-32-13-5-6-14-33(32)27-31)48(80)68-35(43(75)70-38)16-8-24-63-50(55)56/h2-6,11-14,19-20,27,34-40H,7-10,15-18,21-26,28-29H2,1H3,(H,61,73)(H,66,74)(H,67,78)(H,68,80)(H,69,79)(H,70,75)(H,71,76)(H,72,77)(H4,53,54,62)(H4,55,56,63)(H4,57,58,64)(H4,59,60,65)/t34-,35+,36+,37+,38+,39+,40+/m1/s1. The molecule has 3 aromatic carbocycles. The number of nitrogens with two attached hydrogens (primary N) is 8. The number of guanidine groups is 4. The van der Waals surface area contributed by atoms with E-state index in [1.165, 1.54) is 7.05 Å². The average Bonchev–Trinajstić information content (AvgIpc) is 3.45. The molecule has 7 atom stereocenters. The molecule has 24 N–H and O–H groups in total. The van der Waals surface area contributed by atoms with E-state index in [9.17, 15) is 38.4 Å². The number of carbonyl (C=O) groups excluding carboxylic acids is 8. The number of rotatable bonds is 23. The molecule has 8 amide bonds. The summed E-state index contributed by atoms with van der Waals surface area (Å²) in [6, 6.07) is 11.7. The van der Waals surface area contributed by atoms with Crippen LogP contribution in [-0.4, -0.2) is 147 Å². The van der Waals surface area contributed by atoms with Gasteiger partial charge in [-0.25, -0.2) is 0 Å². The molecule has 1 fully saturated rings. The summed E-state index contributed by atoms with van der Waals surface area (Å²) in [6.45, 7) is 0.122. The number of aliphatic imine (C=N–C) groups is 4. The molecule has 0 spiro atoms. The third-order valence-electron chi connectivity index (χ3n) is 12.7. The fraction of sp³-hybridized carbons (Fsp3) is 0.462. The van der Waals surface area contributed by atoms with Crippen molar-refractivity contribution in [2.45, 2.75) is 119 Å². The Morgan fingerprint density at radius 1 is 0.400 bits per heavy atom. The van der Waals surface area contributed by atoms with Crippen LogP contribution in [0.2, 0.25) is 0 Å². The fourth-order valence-corrected chi connectivity index (χ4v) is 8.53. The van der Waals surface area contributed by atoms with Crippen molar-refractivity contribution in [2.24, 2.45) is 65.8 Å². The number of nitrogens with zero attached hydrogens (tertiary/aromatic N) is 4. The van der Waals surface area contributed by atoms with Crippen LogP contribution in [0.1, 0.15) is 75.3 Å². The van der Waals surface area contributed by atoms with Gasteiger partial charge in [0.1, 0.15) is 42.3 Å². The van der Waals surface area contributed by atoms with Gasteiger partial charge in [0.15, 0.2) is 23.8 Å². The van der Waals surface area contributed by atoms with Crippen LogP contribution >= 0.6 is 0 Å². The molecular formula is C52H78N20O8. The van der Waals surface area contributed by atoms with Crippen molar-refractivity contribution in [3.8, 4) is 0 Å². The van der Waals surface area contributed by atoms with E-state index in [4.69, 9.17) is 45.9 Å². The SMILES string of the molecule is CNC(=O)CC[C@@H]1NC(=O)[C@H](CCCN=C(N)N)NC(=O)[C@H](Cc2ccc3ccccc3c2)NC(=O)[C@H](CCCN=C(N)N)NC(=O)[C@H](Cc2ccccc2)NC(=O)[C@H](CCCN=C(N)N)NC(=O)[C@@H](CCCN=C(N)N)NC1=O. The van der Waals surface area contributed by atoms with Gasteiger partial charge in [-0.1, -0.05) is 72.8 Å². The van der Waals surface area contributed by atoms with Crippen molar-refractivity contribution in [3.63, 3.8) is 0 Å². The third kappa shape index (κ3) is 22.8. The first-order valence-corrected chi connectivity index (χ1v) is 26.3. The summed E-state index contributed by atoms with van der Waals surface area (Å²) in [7, 11) is 1.39. The highest BCUT2D eigenvalue weighted by atomic mass is 16.2. The molecule has 0 unspecified atom stereocenters. The maximum atomic E-state index is 14.9. The highest BCUT2D eigenvalue weighted by molar-refractivity contribution is 5.99. The molecular weight excluding hydrogens is 1030 g/mol. The van der Waals surface area contributed by atoms with Gasteiger partial charge in [-0.05, 0) is 79.7 Å². The summed E-state index contributed by atoms with van der Waals surface area (Å²) in [5, 5.41) is 23.4. The Hall–Kier alpha value is -9.24. The van der Waals surface area contributed by atoms with Crippen LogP contribution in [0.3, 0.4) is 0 Å². The number of hydrogen-bond acceptors (Lipinski definition) is 12. The van der Waals surface area contributed by atoms with Gasteiger partial charge in [0.25, 0.3) is 0 Å². The minimum atomic E-state index is -1.51. The number of nitrogens with one attached hydrogen (secondary N) is 8. The summed E-state index contributed by atoms with van der Waals surface area (Å²) >= 11 is 0. The number of hydrogen-bond donors (Lipinski definition) is 16. The Kier molecular flexibility index (Phi) is 26.2. The second kappa shape index (κ2) is 33.1. The van der Waals surface area contributed by atoms with Crippen LogP contribution in [0, 0.1) is 0 Å². The summed E-state index contributed by atoms with van der Waals surface area (Å²) in [5.74, 6) is -7.36. The molecule has 3 aromatic rings. The van der Waals surface area contributed by atoms with Gasteiger partial charge in [-0.15, -0.1) is 0 Å². The molecule has 0 radical (unpaired) electrons. The van der Waals surface area contributed by atoms with E-state index >= 15 is 0 Å². The lowest BCUT2D eigenvalue weighted by Gasteiger charge is -2.28. The van der Waals surface area contributed by atoms with Crippen LogP contribution in [0.4, 0.5) is 0 Å². The normalized spacial score (nSPS) is 20.6. The summed E-state index contributed by atoms with van der Waals surface area (Å²) < 4.78 is 0. The van der Waals surface area contributed by atoms with Crippen LogP contribution in [-0.2, 0) is 51.2 Å². The second-order valence-corrected chi connectivity index (χ2v) is 19.0. The molecule has 28 heteroatoms. The van der Waals surface area contributed by atoms with E-state index in [-0.39, 0.29) is 127 Å². The molecule has 0 saturated carbocycles. The van der Waals surface area contributed by atoms with Gasteiger partial charge in [-0.2, -0.15) is 0 Å². The molecule has 0 aliphatic carbocycles. The topological polar surface area (TPSA) is 490 Å². The summed E-state index contributed by atoms with van der Waals surface area (Å²) in [5.41, 5.74) is 45.9. The zero-order valence-electron chi connectivity index (χ0n) is 45.0. The molecule has 0 bridgehead atoms. The average molecular weight is 1110 g/mol. The van der Waals surface area contributed by atoms with Crippen molar-refractivity contribution in [2.75, 3.05) is 33.2 Å². The van der Waals surface area contributed by atoms with Gasteiger partial charge < -0.3 is 88.4 Å². The van der Waals surface area contributed by atoms with Crippen molar-refractivity contribution >= 4 is 81.9 Å².